The van der Waals surface area contributed by atoms with E-state index in [0.29, 0.717) is 101 Å². The molecule has 0 aliphatic carbocycles. The maximum absolute atomic E-state index is 14.2. The number of aliphatic imine (C=N–C) groups is 1. The van der Waals surface area contributed by atoms with E-state index in [9.17, 15) is 33.6 Å². The molecule has 30 heteroatoms. The fourth-order valence-electron chi connectivity index (χ4n) is 13.7. The van der Waals surface area contributed by atoms with Crippen LogP contribution in [0.4, 0.5) is 38.9 Å². The number of amides is 7. The van der Waals surface area contributed by atoms with Gasteiger partial charge >= 0.3 is 18.4 Å². The van der Waals surface area contributed by atoms with E-state index < -0.39 is 24.7 Å². The molecule has 30 nitrogen and oxygen atoms in total. The first kappa shape index (κ1) is 80.9. The summed E-state index contributed by atoms with van der Waals surface area (Å²) in [6, 6.07) is 28.8. The Hall–Kier alpha value is -12.6. The highest BCUT2D eigenvalue weighted by Crippen LogP contribution is 2.44. The van der Waals surface area contributed by atoms with Crippen LogP contribution in [0.1, 0.15) is 137 Å². The summed E-state index contributed by atoms with van der Waals surface area (Å²) in [5.74, 6) is 0.150. The number of nitrogens with zero attached hydrogens (tertiary/aromatic N) is 6. The molecule has 582 valence electrons. The van der Waals surface area contributed by atoms with E-state index in [0.717, 1.165) is 85.1 Å². The number of H-pyrrole nitrogens is 2. The zero-order valence-corrected chi connectivity index (χ0v) is 62.7. The summed E-state index contributed by atoms with van der Waals surface area (Å²) in [5, 5.41) is 11.6. The Morgan fingerprint density at radius 1 is 0.595 bits per heavy atom. The highest BCUT2D eigenvalue weighted by atomic mass is 16.7. The molecule has 4 aromatic heterocycles. The molecular formula is C81H90N12O18. The highest BCUT2D eigenvalue weighted by Gasteiger charge is 2.47. The van der Waals surface area contributed by atoms with Crippen LogP contribution in [0.3, 0.4) is 0 Å². The minimum atomic E-state index is -0.887. The van der Waals surface area contributed by atoms with Gasteiger partial charge in [-0.3, -0.25) is 33.8 Å². The molecule has 13 rings (SSSR count). The average Bonchev–Trinajstić information content (AvgIpc) is 1.61. The molecule has 111 heavy (non-hydrogen) atoms. The summed E-state index contributed by atoms with van der Waals surface area (Å²) < 4.78 is 44.8. The van der Waals surface area contributed by atoms with Gasteiger partial charge in [-0.05, 0) is 167 Å². The molecule has 8 aromatic rings. The number of piperidine rings is 2. The number of methoxy groups -OCH3 is 2. The van der Waals surface area contributed by atoms with Crippen molar-refractivity contribution in [3.8, 4) is 45.3 Å². The van der Waals surface area contributed by atoms with E-state index in [-0.39, 0.29) is 103 Å². The molecule has 6 N–H and O–H groups in total. The Morgan fingerprint density at radius 3 is 1.60 bits per heavy atom. The smallest absolute Gasteiger partial charge is 0.416 e. The molecule has 5 aliphatic rings. The number of hydrogen-bond donors (Lipinski definition) is 6. The SMILES string of the molecule is C=CCOC(=O)N1c2cc(OCCCC(=O)Nc3cc(C(=O)Nc4ccc(-c5c[nH]c(C)c5)cc4)n(C)c3)c(OC)cc2C(=O)N2CCCC[C@H]2C1OC1CCCCO1.COc1cc2c(cc1OCCCC(=O)Nc1cc(C(=O)Nc3ccc(-c4c[nH]c(C)c4)cc3)n(C)c1)N=C[C@@H]1CCCCN1C2=O.O=C=O.O=C=O. The molecule has 4 atom stereocenters. The van der Waals surface area contributed by atoms with Crippen LogP contribution >= 0.6 is 0 Å². The van der Waals surface area contributed by atoms with Crippen molar-refractivity contribution in [2.24, 2.45) is 19.1 Å². The van der Waals surface area contributed by atoms with Gasteiger partial charge in [0, 0.05) is 113 Å². The van der Waals surface area contributed by atoms with Crippen LogP contribution in [0.5, 0.6) is 23.0 Å². The van der Waals surface area contributed by atoms with Gasteiger partial charge in [-0.15, -0.1) is 0 Å². The maximum Gasteiger partial charge on any atom is 0.416 e. The number of aromatic amines is 2. The Morgan fingerprint density at radius 2 is 1.10 bits per heavy atom. The summed E-state index contributed by atoms with van der Waals surface area (Å²) in [7, 11) is 6.50. The zero-order valence-electron chi connectivity index (χ0n) is 62.7. The Bertz CT molecular complexity index is 4720. The molecule has 0 radical (unpaired) electrons. The second-order valence-corrected chi connectivity index (χ2v) is 26.8. The summed E-state index contributed by atoms with van der Waals surface area (Å²) in [5.41, 5.74) is 11.1. The minimum absolute atomic E-state index is 0.00912. The van der Waals surface area contributed by atoms with Gasteiger partial charge in [-0.1, -0.05) is 36.9 Å². The molecule has 3 saturated heterocycles. The molecule has 3 fully saturated rings. The summed E-state index contributed by atoms with van der Waals surface area (Å²) in [4.78, 5) is 142. The topological polar surface area (TPSA) is 364 Å². The largest absolute Gasteiger partial charge is 0.493 e. The second-order valence-electron chi connectivity index (χ2n) is 26.8. The van der Waals surface area contributed by atoms with Gasteiger partial charge in [0.2, 0.25) is 11.8 Å². The van der Waals surface area contributed by atoms with Crippen LogP contribution in [0, 0.1) is 13.8 Å². The molecular weight excluding hydrogens is 1430 g/mol. The van der Waals surface area contributed by atoms with Crippen LogP contribution < -0.4 is 45.1 Å². The zero-order chi connectivity index (χ0) is 79.1. The number of aryl methyl sites for hydroxylation is 4. The molecule has 0 saturated carbocycles. The van der Waals surface area contributed by atoms with Crippen molar-refractivity contribution in [1.29, 1.82) is 0 Å². The summed E-state index contributed by atoms with van der Waals surface area (Å²) >= 11 is 0. The highest BCUT2D eigenvalue weighted by molar-refractivity contribution is 6.08. The van der Waals surface area contributed by atoms with Crippen molar-refractivity contribution in [2.75, 3.05) is 79.9 Å². The van der Waals surface area contributed by atoms with Gasteiger partial charge < -0.3 is 83.3 Å². The lowest BCUT2D eigenvalue weighted by Gasteiger charge is -2.42. The Kier molecular flexibility index (Phi) is 28.4. The third kappa shape index (κ3) is 20.8. The normalized spacial score (nSPS) is 16.6. The number of carbonyl (C=O) groups excluding carboxylic acids is 11. The second kappa shape index (κ2) is 39.0. The van der Waals surface area contributed by atoms with Gasteiger partial charge in [0.25, 0.3) is 23.6 Å². The lowest BCUT2D eigenvalue weighted by atomic mass is 10.00. The number of hydrogen-bond acceptors (Lipinski definition) is 19. The van der Waals surface area contributed by atoms with E-state index >= 15 is 0 Å². The van der Waals surface area contributed by atoms with Crippen LogP contribution in [0.25, 0.3) is 22.3 Å². The van der Waals surface area contributed by atoms with Crippen LogP contribution in [-0.2, 0) is 57.1 Å². The first-order valence-corrected chi connectivity index (χ1v) is 36.5. The number of rotatable bonds is 24. The quantitative estimate of drug-likeness (QED) is 0.0242. The van der Waals surface area contributed by atoms with Gasteiger partial charge in [0.15, 0.2) is 35.5 Å². The Balaban J connectivity index is 0.000000226. The number of anilines is 5. The van der Waals surface area contributed by atoms with Crippen LogP contribution in [-0.4, -0.2) is 167 Å². The fraction of sp³-hybridized carbons (Fsp3) is 0.358. The summed E-state index contributed by atoms with van der Waals surface area (Å²) in [6.45, 7) is 9.80. The average molecular weight is 1520 g/mol. The monoisotopic (exact) mass is 1520 g/mol. The minimum Gasteiger partial charge on any atom is -0.493 e. The van der Waals surface area contributed by atoms with Gasteiger partial charge in [0.1, 0.15) is 18.0 Å². The number of aromatic nitrogens is 4. The Labute approximate surface area is 640 Å². The molecule has 5 aliphatic heterocycles. The first-order valence-electron chi connectivity index (χ1n) is 36.5. The van der Waals surface area contributed by atoms with Crippen molar-refractivity contribution < 1.29 is 85.9 Å². The number of nitrogens with one attached hydrogen (secondary N) is 6. The fourth-order valence-corrected chi connectivity index (χ4v) is 13.7. The van der Waals surface area contributed by atoms with Crippen molar-refractivity contribution in [3.05, 3.63) is 168 Å². The molecule has 0 bridgehead atoms. The van der Waals surface area contributed by atoms with Crippen molar-refractivity contribution in [3.63, 3.8) is 0 Å². The molecule has 2 unspecified atom stereocenters. The number of fused-ring (bicyclic) bond motifs is 4. The van der Waals surface area contributed by atoms with Gasteiger partial charge in [-0.25, -0.2) is 9.69 Å². The maximum atomic E-state index is 14.2. The van der Waals surface area contributed by atoms with Crippen molar-refractivity contribution >= 4 is 94.2 Å². The third-order valence-corrected chi connectivity index (χ3v) is 19.1. The molecule has 4 aromatic carbocycles. The van der Waals surface area contributed by atoms with Gasteiger partial charge in [0.05, 0.1) is 73.4 Å². The number of carbonyl (C=O) groups is 7. The van der Waals surface area contributed by atoms with Gasteiger partial charge in [-0.2, -0.15) is 19.2 Å². The van der Waals surface area contributed by atoms with E-state index in [1.165, 1.54) is 25.2 Å². The molecule has 0 spiro atoms. The van der Waals surface area contributed by atoms with E-state index in [4.69, 9.17) is 52.3 Å². The third-order valence-electron chi connectivity index (χ3n) is 19.1. The lowest BCUT2D eigenvalue weighted by Crippen LogP contribution is -2.57. The molecule has 7 amide bonds. The predicted molar refractivity (Wildman–Crippen MR) is 409 cm³/mol. The first-order chi connectivity index (χ1) is 53.7. The van der Waals surface area contributed by atoms with E-state index in [1.54, 1.807) is 76.9 Å². The predicted octanol–water partition coefficient (Wildman–Crippen LogP) is 12.3. The molecule has 9 heterocycles. The number of ether oxygens (including phenoxy) is 7. The number of benzene rings is 4. The van der Waals surface area contributed by atoms with Crippen molar-refractivity contribution in [1.82, 2.24) is 28.9 Å². The standard InChI is InChI=1S/C44H52N6O9.C35H38N6O5.2CO2/c1-5-19-58-44(54)50-35-25-38(37(55-4)24-33(35)42(53)49-18-8-6-11-34(49)43(50)59-40-13-7-9-20-57-40)56-21-10-12-39(51)46-32-23-36(48(3)27-32)41(52)47-31-16-14-29(15-17-31)30-22-28(2)45-26-30;1-22-15-24(19-36-22)23-9-11-25(12-10-23)39-34(43)30-16-26(21-40(30)2)38-33(42)8-6-14-46-32-18-29-28(17-31(32)45-3)35(44)41-13-5-4-7-27(41)20-37-29;2*2-1-3/h5,14-17,22-27,34,40,43,45H,1,6-13,18-21H2,2-4H3,(H,46,51)(H,47,52);9-12,15-21,27,36H,4-8,13-14H2,1-3H3,(H,38,42)(H,39,43);;/t34-,40?,43?;27-;;/m00../s1. The lowest BCUT2D eigenvalue weighted by molar-refractivity contribution is -0.198. The summed E-state index contributed by atoms with van der Waals surface area (Å²) in [6.07, 6.45) is 17.9. The van der Waals surface area contributed by atoms with Crippen LogP contribution in [0.15, 0.2) is 139 Å². The van der Waals surface area contributed by atoms with E-state index in [1.807, 2.05) is 85.9 Å². The van der Waals surface area contributed by atoms with Crippen LogP contribution in [0.2, 0.25) is 0 Å². The van der Waals surface area contributed by atoms with E-state index in [2.05, 4.69) is 54.9 Å². The van der Waals surface area contributed by atoms with Crippen molar-refractivity contribution in [2.45, 2.75) is 122 Å².